The Labute approximate surface area is 170 Å². The predicted molar refractivity (Wildman–Crippen MR) is 110 cm³/mol. The number of piperazine rings is 1. The molecule has 2 aromatic carbocycles. The zero-order valence-electron chi connectivity index (χ0n) is 16.4. The Morgan fingerprint density at radius 2 is 1.68 bits per heavy atom. The van der Waals surface area contributed by atoms with Gasteiger partial charge in [-0.15, -0.1) is 0 Å². The molecule has 1 atom stereocenters. The van der Waals surface area contributed by atoms with Crippen LogP contribution >= 0.6 is 11.6 Å². The van der Waals surface area contributed by atoms with Crippen LogP contribution in [0, 0.1) is 13.8 Å². The highest BCUT2D eigenvalue weighted by molar-refractivity contribution is 6.31. The first-order chi connectivity index (χ1) is 13.4. The van der Waals surface area contributed by atoms with Crippen LogP contribution in [0.1, 0.15) is 33.1 Å². The van der Waals surface area contributed by atoms with Gasteiger partial charge in [-0.05, 0) is 48.7 Å². The first-order valence-corrected chi connectivity index (χ1v) is 9.73. The summed E-state index contributed by atoms with van der Waals surface area (Å²) >= 11 is 6.33. The molecule has 1 heterocycles. The van der Waals surface area contributed by atoms with Gasteiger partial charge in [0.15, 0.2) is 0 Å². The van der Waals surface area contributed by atoms with E-state index in [-0.39, 0.29) is 11.9 Å². The molecule has 1 fully saturated rings. The Morgan fingerprint density at radius 1 is 1.00 bits per heavy atom. The molecule has 0 aromatic heterocycles. The van der Waals surface area contributed by atoms with Crippen LogP contribution in [0.4, 0.5) is 0 Å². The van der Waals surface area contributed by atoms with E-state index in [0.717, 1.165) is 11.1 Å². The number of aryl methyl sites for hydroxylation is 2. The van der Waals surface area contributed by atoms with Gasteiger partial charge in [-0.1, -0.05) is 35.9 Å². The van der Waals surface area contributed by atoms with Crippen LogP contribution in [0.5, 0.6) is 0 Å². The maximum atomic E-state index is 12.8. The highest BCUT2D eigenvalue weighted by atomic mass is 35.5. The van der Waals surface area contributed by atoms with Gasteiger partial charge in [0.2, 0.25) is 0 Å². The summed E-state index contributed by atoms with van der Waals surface area (Å²) in [4.78, 5) is 29.2. The van der Waals surface area contributed by atoms with Crippen molar-refractivity contribution in [3.05, 3.63) is 69.7 Å². The van der Waals surface area contributed by atoms with Crippen molar-refractivity contribution >= 4 is 23.5 Å². The number of amides is 1. The topological polar surface area (TPSA) is 49.9 Å². The summed E-state index contributed by atoms with van der Waals surface area (Å²) in [5.41, 5.74) is 3.70. The van der Waals surface area contributed by atoms with Crippen LogP contribution in [-0.4, -0.2) is 55.0 Å². The van der Waals surface area contributed by atoms with Crippen LogP contribution in [0.3, 0.4) is 0 Å². The van der Waals surface area contributed by atoms with E-state index in [1.165, 1.54) is 12.7 Å². The van der Waals surface area contributed by atoms with Crippen LogP contribution in [0.15, 0.2) is 42.5 Å². The number of hydrogen-bond acceptors (Lipinski definition) is 4. The number of benzene rings is 2. The molecule has 1 amide bonds. The molecule has 5 nitrogen and oxygen atoms in total. The molecule has 3 rings (SSSR count). The molecule has 1 aliphatic heterocycles. The van der Waals surface area contributed by atoms with E-state index in [1.54, 1.807) is 6.07 Å². The molecule has 0 spiro atoms. The molecule has 28 heavy (non-hydrogen) atoms. The average Bonchev–Trinajstić information content (AvgIpc) is 2.71. The second-order valence-corrected chi connectivity index (χ2v) is 7.48. The van der Waals surface area contributed by atoms with Crippen LogP contribution in [-0.2, 0) is 9.53 Å². The highest BCUT2D eigenvalue weighted by Gasteiger charge is 2.33. The standard InChI is InChI=1S/C22H25ClN2O3/c1-15-8-9-17(14-16(15)2)21(26)25-12-10-24(11-13-25)20(22(27)28-3)18-6-4-5-7-19(18)23/h4-9,14,20H,10-13H2,1-3H3. The number of rotatable bonds is 4. The van der Waals surface area contributed by atoms with Crippen molar-refractivity contribution < 1.29 is 14.3 Å². The third-order valence-corrected chi connectivity index (χ3v) is 5.69. The molecule has 0 N–H and O–H groups in total. The van der Waals surface area contributed by atoms with E-state index in [1.807, 2.05) is 60.0 Å². The van der Waals surface area contributed by atoms with E-state index in [4.69, 9.17) is 16.3 Å². The van der Waals surface area contributed by atoms with Gasteiger partial charge in [-0.3, -0.25) is 9.69 Å². The first-order valence-electron chi connectivity index (χ1n) is 9.35. The smallest absolute Gasteiger partial charge is 0.327 e. The lowest BCUT2D eigenvalue weighted by atomic mass is 10.0. The molecule has 0 saturated carbocycles. The van der Waals surface area contributed by atoms with Gasteiger partial charge >= 0.3 is 5.97 Å². The quantitative estimate of drug-likeness (QED) is 0.735. The van der Waals surface area contributed by atoms with E-state index >= 15 is 0 Å². The van der Waals surface area contributed by atoms with Gasteiger partial charge in [0.1, 0.15) is 6.04 Å². The second-order valence-electron chi connectivity index (χ2n) is 7.07. The molecule has 6 heteroatoms. The summed E-state index contributed by atoms with van der Waals surface area (Å²) in [5.74, 6) is -0.322. The SMILES string of the molecule is COC(=O)C(c1ccccc1Cl)N1CCN(C(=O)c2ccc(C)c(C)c2)CC1. The van der Waals surface area contributed by atoms with Crippen LogP contribution < -0.4 is 0 Å². The van der Waals surface area contributed by atoms with Crippen molar-refractivity contribution in [2.24, 2.45) is 0 Å². The fourth-order valence-corrected chi connectivity index (χ4v) is 3.76. The maximum Gasteiger partial charge on any atom is 0.327 e. The zero-order valence-corrected chi connectivity index (χ0v) is 17.2. The third-order valence-electron chi connectivity index (χ3n) is 5.34. The Kier molecular flexibility index (Phi) is 6.37. The van der Waals surface area contributed by atoms with Gasteiger partial charge in [-0.2, -0.15) is 0 Å². The summed E-state index contributed by atoms with van der Waals surface area (Å²) in [6, 6.07) is 12.5. The van der Waals surface area contributed by atoms with Crippen molar-refractivity contribution in [1.29, 1.82) is 0 Å². The van der Waals surface area contributed by atoms with Crippen molar-refractivity contribution in [1.82, 2.24) is 9.80 Å². The second kappa shape index (κ2) is 8.76. The number of halogens is 1. The van der Waals surface area contributed by atoms with Crippen molar-refractivity contribution in [2.75, 3.05) is 33.3 Å². The minimum atomic E-state index is -0.572. The molecule has 0 bridgehead atoms. The summed E-state index contributed by atoms with van der Waals surface area (Å²) in [5, 5.41) is 0.534. The Balaban J connectivity index is 1.73. The monoisotopic (exact) mass is 400 g/mol. The van der Waals surface area contributed by atoms with Gasteiger partial charge in [-0.25, -0.2) is 4.79 Å². The summed E-state index contributed by atoms with van der Waals surface area (Å²) in [6.45, 7) is 6.27. The first kappa shape index (κ1) is 20.4. The Morgan fingerprint density at radius 3 is 2.29 bits per heavy atom. The van der Waals surface area contributed by atoms with Crippen molar-refractivity contribution in [3.63, 3.8) is 0 Å². The minimum absolute atomic E-state index is 0.0233. The number of esters is 1. The number of carbonyl (C=O) groups is 2. The fourth-order valence-electron chi connectivity index (χ4n) is 3.52. The normalized spacial score (nSPS) is 15.9. The van der Waals surface area contributed by atoms with E-state index in [9.17, 15) is 9.59 Å². The van der Waals surface area contributed by atoms with Crippen LogP contribution in [0.2, 0.25) is 5.02 Å². The molecule has 1 saturated heterocycles. The minimum Gasteiger partial charge on any atom is -0.468 e. The highest BCUT2D eigenvalue weighted by Crippen LogP contribution is 2.29. The summed E-state index contributed by atoms with van der Waals surface area (Å²) in [6.07, 6.45) is 0. The molecular weight excluding hydrogens is 376 g/mol. The van der Waals surface area contributed by atoms with E-state index < -0.39 is 6.04 Å². The van der Waals surface area contributed by atoms with E-state index in [0.29, 0.717) is 36.8 Å². The lowest BCUT2D eigenvalue weighted by Gasteiger charge is -2.38. The van der Waals surface area contributed by atoms with Gasteiger partial charge in [0, 0.05) is 36.8 Å². The fraction of sp³-hybridized carbons (Fsp3) is 0.364. The molecule has 148 valence electrons. The lowest BCUT2D eigenvalue weighted by molar-refractivity contribution is -0.148. The molecule has 2 aromatic rings. The summed E-state index contributed by atoms with van der Waals surface area (Å²) in [7, 11) is 1.38. The van der Waals surface area contributed by atoms with Gasteiger partial charge in [0.25, 0.3) is 5.91 Å². The Hall–Kier alpha value is -2.37. The van der Waals surface area contributed by atoms with Crippen molar-refractivity contribution in [3.8, 4) is 0 Å². The largest absolute Gasteiger partial charge is 0.468 e. The van der Waals surface area contributed by atoms with Crippen LogP contribution in [0.25, 0.3) is 0 Å². The van der Waals surface area contributed by atoms with Gasteiger partial charge < -0.3 is 9.64 Å². The Bertz CT molecular complexity index is 876. The van der Waals surface area contributed by atoms with Gasteiger partial charge in [0.05, 0.1) is 7.11 Å². The third kappa shape index (κ3) is 4.21. The maximum absolute atomic E-state index is 12.8. The molecule has 0 radical (unpaired) electrons. The number of ether oxygens (including phenoxy) is 1. The lowest BCUT2D eigenvalue weighted by Crippen LogP contribution is -2.51. The molecule has 1 aliphatic rings. The number of carbonyl (C=O) groups excluding carboxylic acids is 2. The molecule has 0 aliphatic carbocycles. The number of methoxy groups -OCH3 is 1. The van der Waals surface area contributed by atoms with E-state index in [2.05, 4.69) is 0 Å². The number of hydrogen-bond donors (Lipinski definition) is 0. The predicted octanol–water partition coefficient (Wildman–Crippen LogP) is 3.63. The summed E-state index contributed by atoms with van der Waals surface area (Å²) < 4.78 is 5.02. The molecule has 1 unspecified atom stereocenters. The molecular formula is C22H25ClN2O3. The zero-order chi connectivity index (χ0) is 20.3. The van der Waals surface area contributed by atoms with Crippen molar-refractivity contribution in [2.45, 2.75) is 19.9 Å². The average molecular weight is 401 g/mol. The number of nitrogens with zero attached hydrogens (tertiary/aromatic N) is 2.